The first-order valence-electron chi connectivity index (χ1n) is 5.81. The number of halogens is 1. The molecule has 0 bridgehead atoms. The molecule has 0 fully saturated rings. The molecule has 4 heteroatoms. The van der Waals surface area contributed by atoms with E-state index in [2.05, 4.69) is 15.9 Å². The molecule has 0 saturated heterocycles. The molecule has 98 valence electrons. The van der Waals surface area contributed by atoms with Crippen molar-refractivity contribution in [2.45, 2.75) is 6.42 Å². The quantitative estimate of drug-likeness (QED) is 0.693. The van der Waals surface area contributed by atoms with E-state index in [0.29, 0.717) is 17.7 Å². The third kappa shape index (κ3) is 3.35. The second-order valence-corrected chi connectivity index (χ2v) is 5.10. The minimum absolute atomic E-state index is 0.0116. The second-order valence-electron chi connectivity index (χ2n) is 4.19. The molecule has 0 radical (unpaired) electrons. The van der Waals surface area contributed by atoms with Crippen LogP contribution in [0.3, 0.4) is 0 Å². The van der Waals surface area contributed by atoms with Gasteiger partial charge in [0, 0.05) is 27.7 Å². The van der Waals surface area contributed by atoms with Gasteiger partial charge in [0.25, 0.3) is 0 Å². The summed E-state index contributed by atoms with van der Waals surface area (Å²) in [6, 6.07) is 12.7. The Morgan fingerprint density at radius 1 is 1.26 bits per heavy atom. The van der Waals surface area contributed by atoms with Gasteiger partial charge < -0.3 is 10.5 Å². The monoisotopic (exact) mass is 319 g/mol. The van der Waals surface area contributed by atoms with Crippen LogP contribution in [0.2, 0.25) is 0 Å². The van der Waals surface area contributed by atoms with Crippen LogP contribution in [0, 0.1) is 0 Å². The molecule has 0 spiro atoms. The van der Waals surface area contributed by atoms with E-state index < -0.39 is 0 Å². The van der Waals surface area contributed by atoms with E-state index in [9.17, 15) is 4.79 Å². The van der Waals surface area contributed by atoms with Crippen molar-refractivity contribution in [1.29, 1.82) is 0 Å². The number of carbonyl (C=O) groups is 1. The average Bonchev–Trinajstić information content (AvgIpc) is 2.38. The molecule has 2 rings (SSSR count). The van der Waals surface area contributed by atoms with E-state index in [4.69, 9.17) is 10.5 Å². The first-order valence-corrected chi connectivity index (χ1v) is 6.60. The summed E-state index contributed by atoms with van der Waals surface area (Å²) in [4.78, 5) is 12.3. The number of carbonyl (C=O) groups excluding carboxylic acids is 1. The van der Waals surface area contributed by atoms with Crippen LogP contribution in [0.15, 0.2) is 46.9 Å². The molecule has 2 N–H and O–H groups in total. The van der Waals surface area contributed by atoms with Crippen molar-refractivity contribution in [2.24, 2.45) is 0 Å². The van der Waals surface area contributed by atoms with Crippen molar-refractivity contribution in [3.05, 3.63) is 58.1 Å². The first kappa shape index (κ1) is 13.6. The molecular weight excluding hydrogens is 306 g/mol. The topological polar surface area (TPSA) is 52.3 Å². The first-order chi connectivity index (χ1) is 9.10. The van der Waals surface area contributed by atoms with Gasteiger partial charge in [0.2, 0.25) is 0 Å². The number of nitrogen functional groups attached to an aromatic ring is 1. The van der Waals surface area contributed by atoms with Gasteiger partial charge in [-0.15, -0.1) is 0 Å². The Bertz CT molecular complexity index is 591. The second kappa shape index (κ2) is 5.89. The fourth-order valence-electron chi connectivity index (χ4n) is 1.90. The number of methoxy groups -OCH3 is 1. The Morgan fingerprint density at radius 2 is 2.00 bits per heavy atom. The number of hydrogen-bond donors (Lipinski definition) is 1. The maximum atomic E-state index is 12.3. The highest BCUT2D eigenvalue weighted by atomic mass is 79.9. The van der Waals surface area contributed by atoms with Crippen molar-refractivity contribution in [3.8, 4) is 5.75 Å². The lowest BCUT2D eigenvalue weighted by molar-refractivity contribution is 0.0992. The zero-order chi connectivity index (χ0) is 13.8. The molecule has 3 nitrogen and oxygen atoms in total. The minimum Gasteiger partial charge on any atom is -0.496 e. The summed E-state index contributed by atoms with van der Waals surface area (Å²) < 4.78 is 6.05. The molecule has 0 saturated carbocycles. The maximum Gasteiger partial charge on any atom is 0.167 e. The molecule has 0 amide bonds. The molecular formula is C15H14BrNO2. The van der Waals surface area contributed by atoms with Gasteiger partial charge in [0.15, 0.2) is 5.78 Å². The predicted molar refractivity (Wildman–Crippen MR) is 79.6 cm³/mol. The number of rotatable bonds is 4. The lowest BCUT2D eigenvalue weighted by Crippen LogP contribution is -2.05. The van der Waals surface area contributed by atoms with Gasteiger partial charge in [0.05, 0.1) is 7.11 Å². The molecule has 0 aliphatic heterocycles. The molecule has 0 unspecified atom stereocenters. The van der Waals surface area contributed by atoms with Crippen LogP contribution in [0.4, 0.5) is 5.69 Å². The smallest absolute Gasteiger partial charge is 0.167 e. The Morgan fingerprint density at radius 3 is 2.68 bits per heavy atom. The molecule has 19 heavy (non-hydrogen) atoms. The molecule has 0 aliphatic carbocycles. The SMILES string of the molecule is COc1ccccc1CC(=O)c1cc(N)cc(Br)c1. The number of anilines is 1. The fraction of sp³-hybridized carbons (Fsp3) is 0.133. The molecule has 2 aromatic rings. The van der Waals surface area contributed by atoms with Gasteiger partial charge in [-0.05, 0) is 24.3 Å². The van der Waals surface area contributed by atoms with Crippen LogP contribution in [0.25, 0.3) is 0 Å². The van der Waals surface area contributed by atoms with E-state index in [1.807, 2.05) is 24.3 Å². The summed E-state index contributed by atoms with van der Waals surface area (Å²) in [6.07, 6.45) is 0.292. The Kier molecular flexibility index (Phi) is 4.22. The van der Waals surface area contributed by atoms with E-state index >= 15 is 0 Å². The van der Waals surface area contributed by atoms with E-state index in [1.54, 1.807) is 25.3 Å². The highest BCUT2D eigenvalue weighted by Gasteiger charge is 2.11. The van der Waals surface area contributed by atoms with Crippen LogP contribution < -0.4 is 10.5 Å². The lowest BCUT2D eigenvalue weighted by Gasteiger charge is -2.08. The summed E-state index contributed by atoms with van der Waals surface area (Å²) in [7, 11) is 1.60. The molecule has 0 aromatic heterocycles. The normalized spacial score (nSPS) is 10.2. The number of benzene rings is 2. The molecule has 0 atom stereocenters. The standard InChI is InChI=1S/C15H14BrNO2/c1-19-15-5-3-2-4-10(15)8-14(18)11-6-12(16)9-13(17)7-11/h2-7,9H,8,17H2,1H3. The van der Waals surface area contributed by atoms with Crippen molar-refractivity contribution in [1.82, 2.24) is 0 Å². The fourth-order valence-corrected chi connectivity index (χ4v) is 2.41. The van der Waals surface area contributed by atoms with Gasteiger partial charge in [-0.25, -0.2) is 0 Å². The highest BCUT2D eigenvalue weighted by Crippen LogP contribution is 2.22. The van der Waals surface area contributed by atoms with Gasteiger partial charge in [-0.1, -0.05) is 34.1 Å². The zero-order valence-corrected chi connectivity index (χ0v) is 12.1. The summed E-state index contributed by atoms with van der Waals surface area (Å²) >= 11 is 3.34. The largest absolute Gasteiger partial charge is 0.496 e. The summed E-state index contributed by atoms with van der Waals surface area (Å²) in [5.41, 5.74) is 7.77. The van der Waals surface area contributed by atoms with Gasteiger partial charge in [0.1, 0.15) is 5.75 Å². The van der Waals surface area contributed by atoms with Gasteiger partial charge >= 0.3 is 0 Å². The van der Waals surface area contributed by atoms with E-state index in [0.717, 1.165) is 15.8 Å². The Labute approximate surface area is 120 Å². The Balaban J connectivity index is 2.25. The summed E-state index contributed by atoms with van der Waals surface area (Å²) in [5.74, 6) is 0.733. The molecule has 0 aliphatic rings. The van der Waals surface area contributed by atoms with E-state index in [1.165, 1.54) is 0 Å². The lowest BCUT2D eigenvalue weighted by atomic mass is 10.0. The number of Topliss-reactive ketones (excluding diaryl/α,β-unsaturated/α-hetero) is 1. The molecule has 2 aromatic carbocycles. The number of nitrogens with two attached hydrogens (primary N) is 1. The summed E-state index contributed by atoms with van der Waals surface area (Å²) in [5, 5.41) is 0. The van der Waals surface area contributed by atoms with Crippen LogP contribution in [0.5, 0.6) is 5.75 Å². The minimum atomic E-state index is 0.0116. The number of ketones is 1. The third-order valence-electron chi connectivity index (χ3n) is 2.79. The van der Waals surface area contributed by atoms with E-state index in [-0.39, 0.29) is 5.78 Å². The highest BCUT2D eigenvalue weighted by molar-refractivity contribution is 9.10. The van der Waals surface area contributed by atoms with Crippen LogP contribution in [-0.4, -0.2) is 12.9 Å². The van der Waals surface area contributed by atoms with Crippen LogP contribution in [0.1, 0.15) is 15.9 Å². The predicted octanol–water partition coefficient (Wildman–Crippen LogP) is 3.47. The van der Waals surface area contributed by atoms with Crippen molar-refractivity contribution < 1.29 is 9.53 Å². The number of para-hydroxylation sites is 1. The zero-order valence-electron chi connectivity index (χ0n) is 10.5. The van der Waals surface area contributed by atoms with Gasteiger partial charge in [-0.2, -0.15) is 0 Å². The van der Waals surface area contributed by atoms with Crippen molar-refractivity contribution >= 4 is 27.4 Å². The molecule has 0 heterocycles. The van der Waals surface area contributed by atoms with Gasteiger partial charge in [-0.3, -0.25) is 4.79 Å². The van der Waals surface area contributed by atoms with Crippen LogP contribution in [-0.2, 0) is 6.42 Å². The van der Waals surface area contributed by atoms with Crippen molar-refractivity contribution in [3.63, 3.8) is 0 Å². The number of ether oxygens (including phenoxy) is 1. The van der Waals surface area contributed by atoms with Crippen molar-refractivity contribution in [2.75, 3.05) is 12.8 Å². The summed E-state index contributed by atoms with van der Waals surface area (Å²) in [6.45, 7) is 0. The number of hydrogen-bond acceptors (Lipinski definition) is 3. The van der Waals surface area contributed by atoms with Crippen LogP contribution >= 0.6 is 15.9 Å². The third-order valence-corrected chi connectivity index (χ3v) is 3.24. The average molecular weight is 320 g/mol. The Hall–Kier alpha value is -1.81. The maximum absolute atomic E-state index is 12.3.